The maximum absolute atomic E-state index is 9.91. The van der Waals surface area contributed by atoms with E-state index in [0.717, 1.165) is 66.7 Å². The van der Waals surface area contributed by atoms with Crippen molar-refractivity contribution in [3.8, 4) is 79.8 Å². The fourth-order valence-electron chi connectivity index (χ4n) is 7.48. The third kappa shape index (κ3) is 6.53. The molecule has 0 saturated heterocycles. The van der Waals surface area contributed by atoms with Gasteiger partial charge in [0, 0.05) is 38.8 Å². The van der Waals surface area contributed by atoms with Crippen molar-refractivity contribution in [1.82, 2.24) is 29.5 Å². The zero-order valence-electron chi connectivity index (χ0n) is 31.4. The lowest BCUT2D eigenvalue weighted by Crippen LogP contribution is -2.04. The van der Waals surface area contributed by atoms with Crippen LogP contribution in [0.3, 0.4) is 0 Å². The Kier molecular flexibility index (Phi) is 8.76. The van der Waals surface area contributed by atoms with E-state index in [4.69, 9.17) is 31.5 Å². The van der Waals surface area contributed by atoms with Crippen molar-refractivity contribution < 1.29 is 0 Å². The normalized spacial score (nSPS) is 11.0. The first-order valence-corrected chi connectivity index (χ1v) is 19.0. The molecule has 274 valence electrons. The summed E-state index contributed by atoms with van der Waals surface area (Å²) in [5.41, 5.74) is 10.3. The number of benzene rings is 7. The topological polar surface area (TPSA) is 97.5 Å². The molecule has 0 unspecified atom stereocenters. The minimum atomic E-state index is 0.457. The molecule has 0 aliphatic heterocycles. The maximum atomic E-state index is 9.91. The monoisotopic (exact) mass is 754 g/mol. The molecule has 0 spiro atoms. The van der Waals surface area contributed by atoms with Gasteiger partial charge in [0.2, 0.25) is 0 Å². The molecule has 10 aromatic rings. The second-order valence-electron chi connectivity index (χ2n) is 14.0. The van der Waals surface area contributed by atoms with Crippen molar-refractivity contribution in [3.63, 3.8) is 0 Å². The molecular weight excluding hydrogens is 725 g/mol. The van der Waals surface area contributed by atoms with Gasteiger partial charge in [-0.15, -0.1) is 0 Å². The van der Waals surface area contributed by atoms with Crippen LogP contribution in [0.25, 0.3) is 100 Å². The smallest absolute Gasteiger partial charge is 0.188 e. The van der Waals surface area contributed by atoms with E-state index in [-0.39, 0.29) is 0 Å². The SMILES string of the molecule is [C-]#[N+]c1ccc2c(c1)c1cc(C#N)ccc1n2-c1ccc(-c2nc(-c3ccccc3)cc(-c3ccccc3)n2)cc1-c1nc(-c2ccccc2)nc(-c2ccccc2)n1. The third-order valence-corrected chi connectivity index (χ3v) is 10.3. The van der Waals surface area contributed by atoms with E-state index in [1.54, 1.807) is 0 Å². The average molecular weight is 755 g/mol. The van der Waals surface area contributed by atoms with E-state index >= 15 is 0 Å². The second kappa shape index (κ2) is 14.8. The quantitative estimate of drug-likeness (QED) is 0.150. The fourth-order valence-corrected chi connectivity index (χ4v) is 7.48. The fraction of sp³-hybridized carbons (Fsp3) is 0. The molecule has 0 aliphatic rings. The Morgan fingerprint density at radius 2 is 0.932 bits per heavy atom. The molecule has 8 heteroatoms. The van der Waals surface area contributed by atoms with Gasteiger partial charge in [0.05, 0.1) is 46.3 Å². The third-order valence-electron chi connectivity index (χ3n) is 10.3. The Morgan fingerprint density at radius 1 is 0.441 bits per heavy atom. The van der Waals surface area contributed by atoms with Crippen molar-refractivity contribution in [2.45, 2.75) is 0 Å². The predicted molar refractivity (Wildman–Crippen MR) is 233 cm³/mol. The van der Waals surface area contributed by atoms with Crippen molar-refractivity contribution in [2.75, 3.05) is 0 Å². The summed E-state index contributed by atoms with van der Waals surface area (Å²) in [7, 11) is 0. The van der Waals surface area contributed by atoms with E-state index in [2.05, 4.69) is 51.9 Å². The van der Waals surface area contributed by atoms with E-state index in [1.807, 2.05) is 146 Å². The lowest BCUT2D eigenvalue weighted by molar-refractivity contribution is 1.06. The number of nitrogens with zero attached hydrogens (tertiary/aromatic N) is 8. The van der Waals surface area contributed by atoms with Gasteiger partial charge in [-0.05, 0) is 60.0 Å². The summed E-state index contributed by atoms with van der Waals surface area (Å²) in [6, 6.07) is 61.8. The van der Waals surface area contributed by atoms with Crippen LogP contribution < -0.4 is 0 Å². The average Bonchev–Trinajstić information content (AvgIpc) is 3.64. The first-order valence-electron chi connectivity index (χ1n) is 19.0. The molecule has 7 aromatic carbocycles. The highest BCUT2D eigenvalue weighted by Crippen LogP contribution is 2.40. The molecule has 8 nitrogen and oxygen atoms in total. The predicted octanol–water partition coefficient (Wildman–Crippen LogP) is 12.2. The highest BCUT2D eigenvalue weighted by Gasteiger charge is 2.22. The van der Waals surface area contributed by atoms with Crippen LogP contribution >= 0.6 is 0 Å². The highest BCUT2D eigenvalue weighted by molar-refractivity contribution is 6.11. The molecule has 0 amide bonds. The lowest BCUT2D eigenvalue weighted by Gasteiger charge is -2.16. The van der Waals surface area contributed by atoms with Gasteiger partial charge in [0.15, 0.2) is 29.0 Å². The molecule has 0 aliphatic carbocycles. The summed E-state index contributed by atoms with van der Waals surface area (Å²) in [4.78, 5) is 29.4. The number of nitriles is 1. The van der Waals surface area contributed by atoms with Crippen LogP contribution in [0, 0.1) is 17.9 Å². The van der Waals surface area contributed by atoms with E-state index in [9.17, 15) is 5.26 Å². The summed E-state index contributed by atoms with van der Waals surface area (Å²) >= 11 is 0. The van der Waals surface area contributed by atoms with E-state index < -0.39 is 0 Å². The van der Waals surface area contributed by atoms with Crippen molar-refractivity contribution in [1.29, 1.82) is 5.26 Å². The van der Waals surface area contributed by atoms with Crippen LogP contribution in [-0.4, -0.2) is 29.5 Å². The molecule has 0 saturated carbocycles. The van der Waals surface area contributed by atoms with Crippen molar-refractivity contribution in [3.05, 3.63) is 199 Å². The van der Waals surface area contributed by atoms with Gasteiger partial charge >= 0.3 is 0 Å². The number of hydrogen-bond acceptors (Lipinski definition) is 6. The first kappa shape index (κ1) is 34.9. The molecule has 0 fully saturated rings. The zero-order chi connectivity index (χ0) is 39.7. The molecule has 3 heterocycles. The molecule has 59 heavy (non-hydrogen) atoms. The van der Waals surface area contributed by atoms with E-state index in [1.165, 1.54) is 0 Å². The summed E-state index contributed by atoms with van der Waals surface area (Å²) in [6.07, 6.45) is 0. The van der Waals surface area contributed by atoms with Crippen LogP contribution in [0.2, 0.25) is 0 Å². The van der Waals surface area contributed by atoms with Gasteiger partial charge in [-0.2, -0.15) is 5.26 Å². The van der Waals surface area contributed by atoms with Gasteiger partial charge in [-0.3, -0.25) is 0 Å². The van der Waals surface area contributed by atoms with Crippen LogP contribution in [0.4, 0.5) is 5.69 Å². The number of aromatic nitrogens is 6. The molecule has 0 N–H and O–H groups in total. The molecule has 3 aromatic heterocycles. The van der Waals surface area contributed by atoms with Crippen LogP contribution in [0.15, 0.2) is 182 Å². The summed E-state index contributed by atoms with van der Waals surface area (Å²) in [6.45, 7) is 7.78. The van der Waals surface area contributed by atoms with Crippen molar-refractivity contribution in [2.24, 2.45) is 0 Å². The van der Waals surface area contributed by atoms with Gasteiger partial charge in [0.25, 0.3) is 0 Å². The van der Waals surface area contributed by atoms with Gasteiger partial charge in [-0.25, -0.2) is 29.8 Å². The summed E-state index contributed by atoms with van der Waals surface area (Å²) in [5.74, 6) is 2.06. The van der Waals surface area contributed by atoms with Crippen LogP contribution in [0.5, 0.6) is 0 Å². The van der Waals surface area contributed by atoms with Gasteiger partial charge in [-0.1, -0.05) is 127 Å². The summed E-state index contributed by atoms with van der Waals surface area (Å²) < 4.78 is 2.16. The largest absolute Gasteiger partial charge is 0.309 e. The van der Waals surface area contributed by atoms with Crippen LogP contribution in [-0.2, 0) is 0 Å². The van der Waals surface area contributed by atoms with E-state index in [0.29, 0.717) is 40.1 Å². The number of hydrogen-bond donors (Lipinski definition) is 0. The lowest BCUT2D eigenvalue weighted by atomic mass is 10.0. The van der Waals surface area contributed by atoms with Crippen LogP contribution in [0.1, 0.15) is 5.56 Å². The van der Waals surface area contributed by atoms with Gasteiger partial charge in [0.1, 0.15) is 0 Å². The highest BCUT2D eigenvalue weighted by atomic mass is 15.1. The molecule has 0 bridgehead atoms. The standard InChI is InChI=1S/C51H30N8/c1-53-39-24-27-46-41(30-39)40-28-33(32-52)22-25-45(40)59(46)47-26-23-38(50-54-43(34-14-6-2-7-15-34)31-44(55-50)35-16-8-3-9-17-35)29-42(47)51-57-48(36-18-10-4-11-19-36)56-49(58-51)37-20-12-5-13-21-37/h2-31H. The Bertz CT molecular complexity index is 3090. The minimum absolute atomic E-state index is 0.457. The molecule has 10 rings (SSSR count). The minimum Gasteiger partial charge on any atom is -0.309 e. The van der Waals surface area contributed by atoms with Crippen molar-refractivity contribution >= 4 is 27.5 Å². The first-order chi connectivity index (χ1) is 29.1. The molecule has 0 radical (unpaired) electrons. The molecular formula is C51H30N8. The Morgan fingerprint density at radius 3 is 1.47 bits per heavy atom. The second-order valence-corrected chi connectivity index (χ2v) is 14.0. The number of rotatable bonds is 7. The maximum Gasteiger partial charge on any atom is 0.188 e. The Labute approximate surface area is 339 Å². The zero-order valence-corrected chi connectivity index (χ0v) is 31.4. The Balaban J connectivity index is 1.28. The number of fused-ring (bicyclic) bond motifs is 3. The Hall–Kier alpha value is -8.59. The summed E-state index contributed by atoms with van der Waals surface area (Å²) in [5, 5.41) is 11.6. The van der Waals surface area contributed by atoms with Gasteiger partial charge < -0.3 is 4.57 Å². The molecule has 0 atom stereocenters.